The van der Waals surface area contributed by atoms with Crippen molar-refractivity contribution in [2.24, 2.45) is 5.73 Å². The molecule has 1 saturated heterocycles. The molecule has 1 heterocycles. The molecule has 0 unspecified atom stereocenters. The Kier molecular flexibility index (Phi) is 6.27. The number of nitrogens with two attached hydrogens (primary N) is 1. The predicted molar refractivity (Wildman–Crippen MR) is 80.0 cm³/mol. The number of piperidine rings is 1. The average molecular weight is 269 g/mol. The van der Waals surface area contributed by atoms with Gasteiger partial charge in [0.25, 0.3) is 0 Å². The number of likely N-dealkylation sites (tertiary alicyclic amines) is 1. The van der Waals surface area contributed by atoms with Gasteiger partial charge in [0.2, 0.25) is 5.91 Å². The summed E-state index contributed by atoms with van der Waals surface area (Å²) >= 11 is 0. The minimum Gasteiger partial charge on any atom is -0.352 e. The molecule has 112 valence electrons. The fraction of sp³-hybridized carbons (Fsp3) is 0.933. The second kappa shape index (κ2) is 7.25. The molecule has 4 heteroatoms. The monoisotopic (exact) mass is 269 g/mol. The summed E-state index contributed by atoms with van der Waals surface area (Å²) in [6.07, 6.45) is 4.97. The van der Waals surface area contributed by atoms with Crippen LogP contribution in [0.5, 0.6) is 0 Å². The van der Waals surface area contributed by atoms with E-state index in [4.69, 9.17) is 5.73 Å². The maximum atomic E-state index is 11.9. The fourth-order valence-electron chi connectivity index (χ4n) is 2.56. The highest BCUT2D eigenvalue weighted by molar-refractivity contribution is 5.81. The van der Waals surface area contributed by atoms with Crippen molar-refractivity contribution in [3.05, 3.63) is 0 Å². The smallest absolute Gasteiger partial charge is 0.237 e. The van der Waals surface area contributed by atoms with Gasteiger partial charge in [-0.2, -0.15) is 0 Å². The molecule has 4 nitrogen and oxygen atoms in total. The highest BCUT2D eigenvalue weighted by Gasteiger charge is 2.28. The summed E-state index contributed by atoms with van der Waals surface area (Å²) in [7, 11) is 0. The Balaban J connectivity index is 2.31. The van der Waals surface area contributed by atoms with E-state index in [1.54, 1.807) is 0 Å². The molecule has 1 fully saturated rings. The van der Waals surface area contributed by atoms with E-state index in [2.05, 4.69) is 37.9 Å². The SMILES string of the molecule is CCCC[C@H](N)C(=O)NC1CCN(C(C)(C)C)CC1. The van der Waals surface area contributed by atoms with Gasteiger partial charge in [0.05, 0.1) is 6.04 Å². The van der Waals surface area contributed by atoms with Crippen LogP contribution in [-0.4, -0.2) is 41.5 Å². The number of amides is 1. The van der Waals surface area contributed by atoms with Gasteiger partial charge in [-0.3, -0.25) is 9.69 Å². The Hall–Kier alpha value is -0.610. The van der Waals surface area contributed by atoms with Crippen molar-refractivity contribution in [2.45, 2.75) is 77.4 Å². The highest BCUT2D eigenvalue weighted by Crippen LogP contribution is 2.20. The average Bonchev–Trinajstić information content (AvgIpc) is 2.35. The maximum Gasteiger partial charge on any atom is 0.237 e. The molecular formula is C15H31N3O. The van der Waals surface area contributed by atoms with Gasteiger partial charge >= 0.3 is 0 Å². The lowest BCUT2D eigenvalue weighted by molar-refractivity contribution is -0.123. The standard InChI is InChI=1S/C15H31N3O/c1-5-6-7-13(16)14(19)17-12-8-10-18(11-9-12)15(2,3)4/h12-13H,5-11,16H2,1-4H3,(H,17,19)/t13-/m0/s1. The lowest BCUT2D eigenvalue weighted by atomic mass is 9.97. The van der Waals surface area contributed by atoms with Crippen LogP contribution in [0.25, 0.3) is 0 Å². The van der Waals surface area contributed by atoms with Crippen molar-refractivity contribution in [1.82, 2.24) is 10.2 Å². The zero-order valence-electron chi connectivity index (χ0n) is 13.0. The van der Waals surface area contributed by atoms with E-state index in [1.165, 1.54) is 0 Å². The van der Waals surface area contributed by atoms with Crippen LogP contribution >= 0.6 is 0 Å². The largest absolute Gasteiger partial charge is 0.352 e. The summed E-state index contributed by atoms with van der Waals surface area (Å²) in [5.74, 6) is 0.0302. The molecule has 0 bridgehead atoms. The number of hydrogen-bond donors (Lipinski definition) is 2. The van der Waals surface area contributed by atoms with Crippen molar-refractivity contribution in [3.63, 3.8) is 0 Å². The Labute approximate surface area is 118 Å². The van der Waals surface area contributed by atoms with Crippen molar-refractivity contribution >= 4 is 5.91 Å². The lowest BCUT2D eigenvalue weighted by Gasteiger charge is -2.41. The number of hydrogen-bond acceptors (Lipinski definition) is 3. The zero-order chi connectivity index (χ0) is 14.5. The molecule has 1 aliphatic heterocycles. The Bertz CT molecular complexity index is 278. The van der Waals surface area contributed by atoms with Crippen LogP contribution < -0.4 is 11.1 Å². The third kappa shape index (κ3) is 5.49. The molecule has 19 heavy (non-hydrogen) atoms. The van der Waals surface area contributed by atoms with Crippen molar-refractivity contribution in [3.8, 4) is 0 Å². The number of rotatable bonds is 5. The first-order valence-corrected chi connectivity index (χ1v) is 7.65. The fourth-order valence-corrected chi connectivity index (χ4v) is 2.56. The number of unbranched alkanes of at least 4 members (excludes halogenated alkanes) is 1. The molecular weight excluding hydrogens is 238 g/mol. The Morgan fingerprint density at radius 2 is 1.95 bits per heavy atom. The third-order valence-corrected chi connectivity index (χ3v) is 4.00. The second-order valence-electron chi connectivity index (χ2n) is 6.69. The van der Waals surface area contributed by atoms with Gasteiger partial charge in [0, 0.05) is 24.7 Å². The topological polar surface area (TPSA) is 58.4 Å². The third-order valence-electron chi connectivity index (χ3n) is 4.00. The van der Waals surface area contributed by atoms with E-state index in [9.17, 15) is 4.79 Å². The van der Waals surface area contributed by atoms with E-state index in [0.29, 0.717) is 6.04 Å². The van der Waals surface area contributed by atoms with Crippen LogP contribution in [0, 0.1) is 0 Å². The first kappa shape index (κ1) is 16.4. The molecule has 0 aliphatic carbocycles. The summed E-state index contributed by atoms with van der Waals surface area (Å²) in [6, 6.07) is -0.0284. The van der Waals surface area contributed by atoms with Crippen LogP contribution in [-0.2, 0) is 4.79 Å². The zero-order valence-corrected chi connectivity index (χ0v) is 13.0. The molecule has 0 aromatic heterocycles. The van der Waals surface area contributed by atoms with E-state index < -0.39 is 0 Å². The molecule has 0 radical (unpaired) electrons. The molecule has 3 N–H and O–H groups in total. The van der Waals surface area contributed by atoms with Gasteiger partial charge in [-0.05, 0) is 40.0 Å². The highest BCUT2D eigenvalue weighted by atomic mass is 16.2. The van der Waals surface area contributed by atoms with Crippen molar-refractivity contribution < 1.29 is 4.79 Å². The summed E-state index contributed by atoms with van der Waals surface area (Å²) < 4.78 is 0. The molecule has 0 aromatic carbocycles. The number of nitrogens with zero attached hydrogens (tertiary/aromatic N) is 1. The number of carbonyl (C=O) groups excluding carboxylic acids is 1. The molecule has 0 spiro atoms. The Morgan fingerprint density at radius 3 is 2.42 bits per heavy atom. The van der Waals surface area contributed by atoms with E-state index >= 15 is 0 Å². The molecule has 0 aromatic rings. The van der Waals surface area contributed by atoms with Gasteiger partial charge in [0.15, 0.2) is 0 Å². The van der Waals surface area contributed by atoms with Gasteiger partial charge < -0.3 is 11.1 Å². The van der Waals surface area contributed by atoms with Crippen LogP contribution in [0.15, 0.2) is 0 Å². The lowest BCUT2D eigenvalue weighted by Crippen LogP contribution is -2.53. The van der Waals surface area contributed by atoms with Crippen LogP contribution in [0.4, 0.5) is 0 Å². The first-order valence-electron chi connectivity index (χ1n) is 7.65. The minimum atomic E-state index is -0.333. The van der Waals surface area contributed by atoms with Crippen molar-refractivity contribution in [2.75, 3.05) is 13.1 Å². The van der Waals surface area contributed by atoms with E-state index in [-0.39, 0.29) is 17.5 Å². The molecule has 0 saturated carbocycles. The van der Waals surface area contributed by atoms with Crippen LogP contribution in [0.1, 0.15) is 59.8 Å². The molecule has 1 rings (SSSR count). The van der Waals surface area contributed by atoms with Gasteiger partial charge in [-0.1, -0.05) is 19.8 Å². The second-order valence-corrected chi connectivity index (χ2v) is 6.69. The minimum absolute atomic E-state index is 0.0302. The van der Waals surface area contributed by atoms with Crippen LogP contribution in [0.2, 0.25) is 0 Å². The molecule has 1 atom stereocenters. The predicted octanol–water partition coefficient (Wildman–Crippen LogP) is 1.88. The number of nitrogens with one attached hydrogen (secondary N) is 1. The maximum absolute atomic E-state index is 11.9. The van der Waals surface area contributed by atoms with Gasteiger partial charge in [0.1, 0.15) is 0 Å². The normalized spacial score (nSPS) is 20.3. The quantitative estimate of drug-likeness (QED) is 0.801. The Morgan fingerprint density at radius 1 is 1.37 bits per heavy atom. The summed E-state index contributed by atoms with van der Waals surface area (Å²) in [6.45, 7) is 11.0. The first-order chi connectivity index (χ1) is 8.84. The summed E-state index contributed by atoms with van der Waals surface area (Å²) in [5.41, 5.74) is 6.12. The van der Waals surface area contributed by atoms with Crippen LogP contribution in [0.3, 0.4) is 0 Å². The van der Waals surface area contributed by atoms with E-state index in [0.717, 1.165) is 45.2 Å². The molecule has 1 aliphatic rings. The molecule has 1 amide bonds. The summed E-state index contributed by atoms with van der Waals surface area (Å²) in [4.78, 5) is 14.4. The number of carbonyl (C=O) groups is 1. The summed E-state index contributed by atoms with van der Waals surface area (Å²) in [5, 5.41) is 3.11. The van der Waals surface area contributed by atoms with E-state index in [1.807, 2.05) is 0 Å². The van der Waals surface area contributed by atoms with Crippen molar-refractivity contribution in [1.29, 1.82) is 0 Å². The van der Waals surface area contributed by atoms with Gasteiger partial charge in [-0.15, -0.1) is 0 Å². The van der Waals surface area contributed by atoms with Gasteiger partial charge in [-0.25, -0.2) is 0 Å².